The van der Waals surface area contributed by atoms with Crippen molar-refractivity contribution in [2.75, 3.05) is 11.9 Å². The summed E-state index contributed by atoms with van der Waals surface area (Å²) in [6, 6.07) is 17.7. The molecule has 27 heavy (non-hydrogen) atoms. The number of para-hydroxylation sites is 3. The molecule has 2 aromatic carbocycles. The van der Waals surface area contributed by atoms with Crippen LogP contribution in [0.4, 0.5) is 5.69 Å². The molecule has 0 radical (unpaired) electrons. The first-order chi connectivity index (χ1) is 13.0. The van der Waals surface area contributed by atoms with Gasteiger partial charge in [-0.15, -0.1) is 0 Å². The third-order valence-corrected chi connectivity index (χ3v) is 4.14. The SMILES string of the molecule is CN(C(=O)Cn1ccc(=O)n(C)c1=O)c1ccccc1Oc1ccccc1. The molecule has 1 amide bonds. The Bertz CT molecular complexity index is 1070. The topological polar surface area (TPSA) is 73.5 Å². The summed E-state index contributed by atoms with van der Waals surface area (Å²) in [6.07, 6.45) is 1.32. The molecule has 0 aliphatic carbocycles. The number of hydrogen-bond acceptors (Lipinski definition) is 4. The summed E-state index contributed by atoms with van der Waals surface area (Å²) in [4.78, 5) is 37.7. The highest BCUT2D eigenvalue weighted by atomic mass is 16.5. The minimum Gasteiger partial charge on any atom is -0.455 e. The van der Waals surface area contributed by atoms with Gasteiger partial charge in [0.15, 0.2) is 5.75 Å². The average Bonchev–Trinajstić information content (AvgIpc) is 2.69. The van der Waals surface area contributed by atoms with Crippen molar-refractivity contribution < 1.29 is 9.53 Å². The van der Waals surface area contributed by atoms with Gasteiger partial charge in [-0.2, -0.15) is 0 Å². The predicted octanol–water partition coefficient (Wildman–Crippen LogP) is 2.00. The zero-order chi connectivity index (χ0) is 19.4. The number of carbonyl (C=O) groups is 1. The van der Waals surface area contributed by atoms with Gasteiger partial charge in [-0.3, -0.25) is 18.7 Å². The van der Waals surface area contributed by atoms with Crippen LogP contribution in [0.1, 0.15) is 0 Å². The van der Waals surface area contributed by atoms with Gasteiger partial charge in [0.2, 0.25) is 5.91 Å². The number of ether oxygens (including phenoxy) is 1. The largest absolute Gasteiger partial charge is 0.455 e. The van der Waals surface area contributed by atoms with Gasteiger partial charge >= 0.3 is 5.69 Å². The van der Waals surface area contributed by atoms with Crippen LogP contribution in [0.5, 0.6) is 11.5 Å². The maximum absolute atomic E-state index is 12.7. The molecule has 0 atom stereocenters. The van der Waals surface area contributed by atoms with Gasteiger partial charge in [0.05, 0.1) is 5.69 Å². The summed E-state index contributed by atoms with van der Waals surface area (Å²) < 4.78 is 8.04. The second kappa shape index (κ2) is 7.74. The highest BCUT2D eigenvalue weighted by Gasteiger charge is 2.17. The molecule has 1 heterocycles. The van der Waals surface area contributed by atoms with Crippen molar-refractivity contribution in [3.63, 3.8) is 0 Å². The molecule has 3 aromatic rings. The third-order valence-electron chi connectivity index (χ3n) is 4.14. The van der Waals surface area contributed by atoms with Gasteiger partial charge in [0, 0.05) is 26.4 Å². The van der Waals surface area contributed by atoms with Crippen molar-refractivity contribution in [2.24, 2.45) is 7.05 Å². The number of benzene rings is 2. The lowest BCUT2D eigenvalue weighted by molar-refractivity contribution is -0.119. The van der Waals surface area contributed by atoms with Crippen LogP contribution in [0, 0.1) is 0 Å². The van der Waals surface area contributed by atoms with E-state index in [0.717, 1.165) is 4.57 Å². The highest BCUT2D eigenvalue weighted by Crippen LogP contribution is 2.31. The molecule has 0 aliphatic rings. The van der Waals surface area contributed by atoms with Crippen LogP contribution in [0.2, 0.25) is 0 Å². The Balaban J connectivity index is 1.85. The molecule has 0 saturated heterocycles. The van der Waals surface area contributed by atoms with Crippen LogP contribution < -0.4 is 20.9 Å². The van der Waals surface area contributed by atoms with Crippen LogP contribution >= 0.6 is 0 Å². The molecular weight excluding hydrogens is 346 g/mol. The molecule has 7 heteroatoms. The molecule has 0 spiro atoms. The number of rotatable bonds is 5. The van der Waals surface area contributed by atoms with Gasteiger partial charge < -0.3 is 9.64 Å². The number of anilines is 1. The van der Waals surface area contributed by atoms with Crippen molar-refractivity contribution in [1.29, 1.82) is 0 Å². The fraction of sp³-hybridized carbons (Fsp3) is 0.150. The number of aromatic nitrogens is 2. The molecule has 0 N–H and O–H groups in total. The summed E-state index contributed by atoms with van der Waals surface area (Å²) >= 11 is 0. The molecule has 0 unspecified atom stereocenters. The van der Waals surface area contributed by atoms with Crippen LogP contribution in [0.25, 0.3) is 0 Å². The van der Waals surface area contributed by atoms with Crippen LogP contribution in [-0.4, -0.2) is 22.1 Å². The first-order valence-corrected chi connectivity index (χ1v) is 8.32. The Morgan fingerprint density at radius 3 is 2.41 bits per heavy atom. The average molecular weight is 365 g/mol. The number of hydrogen-bond donors (Lipinski definition) is 0. The molecule has 3 rings (SSSR count). The number of carbonyl (C=O) groups excluding carboxylic acids is 1. The van der Waals surface area contributed by atoms with E-state index in [1.165, 1.54) is 28.8 Å². The van der Waals surface area contributed by atoms with E-state index in [9.17, 15) is 14.4 Å². The lowest BCUT2D eigenvalue weighted by Gasteiger charge is -2.21. The van der Waals surface area contributed by atoms with Crippen molar-refractivity contribution in [3.05, 3.63) is 87.7 Å². The van der Waals surface area contributed by atoms with E-state index in [1.54, 1.807) is 25.2 Å². The zero-order valence-electron chi connectivity index (χ0n) is 15.0. The molecule has 0 saturated carbocycles. The van der Waals surface area contributed by atoms with Crippen molar-refractivity contribution in [1.82, 2.24) is 9.13 Å². The predicted molar refractivity (Wildman–Crippen MR) is 102 cm³/mol. The van der Waals surface area contributed by atoms with Gasteiger partial charge in [0.1, 0.15) is 12.3 Å². The summed E-state index contributed by atoms with van der Waals surface area (Å²) in [7, 11) is 2.99. The number of amides is 1. The summed E-state index contributed by atoms with van der Waals surface area (Å²) in [5.74, 6) is 0.854. The van der Waals surface area contributed by atoms with E-state index in [-0.39, 0.29) is 12.5 Å². The molecule has 0 aliphatic heterocycles. The maximum atomic E-state index is 12.7. The Morgan fingerprint density at radius 1 is 1.00 bits per heavy atom. The molecule has 1 aromatic heterocycles. The Morgan fingerprint density at radius 2 is 1.67 bits per heavy atom. The van der Waals surface area contributed by atoms with Crippen LogP contribution in [-0.2, 0) is 18.4 Å². The van der Waals surface area contributed by atoms with Crippen molar-refractivity contribution in [3.8, 4) is 11.5 Å². The first kappa shape index (κ1) is 18.2. The van der Waals surface area contributed by atoms with Gasteiger partial charge in [-0.25, -0.2) is 4.79 Å². The van der Waals surface area contributed by atoms with Crippen LogP contribution in [0.3, 0.4) is 0 Å². The standard InChI is InChI=1S/C20H19N3O4/c1-21(19(25)14-23-13-12-18(24)22(2)20(23)26)16-10-6-7-11-17(16)27-15-8-4-3-5-9-15/h3-13H,14H2,1-2H3. The Kier molecular flexibility index (Phi) is 5.21. The van der Waals surface area contributed by atoms with E-state index in [0.29, 0.717) is 17.2 Å². The Labute approximate surface area is 155 Å². The van der Waals surface area contributed by atoms with E-state index in [4.69, 9.17) is 4.74 Å². The van der Waals surface area contributed by atoms with E-state index in [1.807, 2.05) is 36.4 Å². The fourth-order valence-electron chi connectivity index (χ4n) is 2.56. The number of nitrogens with zero attached hydrogens (tertiary/aromatic N) is 3. The maximum Gasteiger partial charge on any atom is 0.331 e. The van der Waals surface area contributed by atoms with Crippen molar-refractivity contribution >= 4 is 11.6 Å². The summed E-state index contributed by atoms with van der Waals surface area (Å²) in [5, 5.41) is 0. The zero-order valence-corrected chi connectivity index (χ0v) is 15.0. The van der Waals surface area contributed by atoms with E-state index in [2.05, 4.69) is 0 Å². The summed E-state index contributed by atoms with van der Waals surface area (Å²) in [6.45, 7) is -0.191. The normalized spacial score (nSPS) is 10.4. The third kappa shape index (κ3) is 3.98. The van der Waals surface area contributed by atoms with Gasteiger partial charge in [0.25, 0.3) is 5.56 Å². The lowest BCUT2D eigenvalue weighted by atomic mass is 10.2. The van der Waals surface area contributed by atoms with Gasteiger partial charge in [-0.05, 0) is 24.3 Å². The monoisotopic (exact) mass is 365 g/mol. The fourth-order valence-corrected chi connectivity index (χ4v) is 2.56. The highest BCUT2D eigenvalue weighted by molar-refractivity contribution is 5.94. The lowest BCUT2D eigenvalue weighted by Crippen LogP contribution is -2.40. The molecule has 138 valence electrons. The smallest absolute Gasteiger partial charge is 0.331 e. The molecule has 7 nitrogen and oxygen atoms in total. The minimum atomic E-state index is -0.543. The molecule has 0 bridgehead atoms. The van der Waals surface area contributed by atoms with Crippen LogP contribution in [0.15, 0.2) is 76.4 Å². The Hall–Kier alpha value is -3.61. The first-order valence-electron chi connectivity index (χ1n) is 8.32. The van der Waals surface area contributed by atoms with E-state index < -0.39 is 11.2 Å². The van der Waals surface area contributed by atoms with Crippen molar-refractivity contribution in [2.45, 2.75) is 6.54 Å². The van der Waals surface area contributed by atoms with E-state index >= 15 is 0 Å². The molecule has 0 fully saturated rings. The second-order valence-electron chi connectivity index (χ2n) is 5.96. The minimum absolute atomic E-state index is 0.191. The second-order valence-corrected chi connectivity index (χ2v) is 5.96. The van der Waals surface area contributed by atoms with Gasteiger partial charge in [-0.1, -0.05) is 30.3 Å². The summed E-state index contributed by atoms with van der Waals surface area (Å²) in [5.41, 5.74) is -0.388. The molecular formula is C20H19N3O4. The quantitative estimate of drug-likeness (QED) is 0.693. The number of likely N-dealkylation sites (N-methyl/N-ethyl adjacent to an activating group) is 1.